The molecule has 0 aliphatic carbocycles. The van der Waals surface area contributed by atoms with Crippen LogP contribution in [0.4, 0.5) is 11.7 Å². The Labute approximate surface area is 106 Å². The number of rotatable bonds is 2. The Kier molecular flexibility index (Phi) is 3.14. The molecule has 17 heavy (non-hydrogen) atoms. The second-order valence-electron chi connectivity index (χ2n) is 3.46. The molecule has 0 atom stereocenters. The number of nitrogens with zero attached hydrogens (tertiary/aromatic N) is 1. The number of carbonyl (C=O) groups is 1. The summed E-state index contributed by atoms with van der Waals surface area (Å²) in [5.41, 5.74) is 7.32. The lowest BCUT2D eigenvalue weighted by Gasteiger charge is -2.05. The molecule has 0 aliphatic rings. The fraction of sp³-hybridized carbons (Fsp3) is 0.0909. The molecule has 5 nitrogen and oxygen atoms in total. The molecule has 0 unspecified atom stereocenters. The number of nitrogens with one attached hydrogen (secondary N) is 1. The maximum atomic E-state index is 11.9. The lowest BCUT2D eigenvalue weighted by molar-refractivity contribution is 0.102. The molecule has 1 aromatic heterocycles. The van der Waals surface area contributed by atoms with E-state index in [-0.39, 0.29) is 11.9 Å². The number of aromatic nitrogens is 1. The highest BCUT2D eigenvalue weighted by Crippen LogP contribution is 2.24. The van der Waals surface area contributed by atoms with E-state index >= 15 is 0 Å². The molecule has 1 aromatic carbocycles. The van der Waals surface area contributed by atoms with Gasteiger partial charge in [-0.25, -0.2) is 0 Å². The predicted octanol–water partition coefficient (Wildman–Crippen LogP) is 2.58. The molecular weight excluding hydrogens is 286 g/mol. The van der Waals surface area contributed by atoms with Crippen LogP contribution in [0.3, 0.4) is 0 Å². The Morgan fingerprint density at radius 3 is 2.94 bits per heavy atom. The van der Waals surface area contributed by atoms with Gasteiger partial charge in [0.1, 0.15) is 6.26 Å². The van der Waals surface area contributed by atoms with Crippen LogP contribution in [0.2, 0.25) is 0 Å². The van der Waals surface area contributed by atoms with Gasteiger partial charge in [0.25, 0.3) is 5.91 Å². The molecule has 0 bridgehead atoms. The average Bonchev–Trinajstić information content (AvgIpc) is 2.68. The van der Waals surface area contributed by atoms with Crippen LogP contribution < -0.4 is 11.1 Å². The first-order valence-corrected chi connectivity index (χ1v) is 5.64. The summed E-state index contributed by atoms with van der Waals surface area (Å²) >= 11 is 3.26. The Balaban J connectivity index is 2.23. The molecule has 0 fully saturated rings. The van der Waals surface area contributed by atoms with Gasteiger partial charge in [-0.1, -0.05) is 6.07 Å². The molecular formula is C11H10BrN3O2. The summed E-state index contributed by atoms with van der Waals surface area (Å²) in [6.45, 7) is 1.77. The van der Waals surface area contributed by atoms with Crippen molar-refractivity contribution in [3.05, 3.63) is 40.2 Å². The number of oxazole rings is 1. The van der Waals surface area contributed by atoms with E-state index in [1.165, 1.54) is 6.26 Å². The van der Waals surface area contributed by atoms with E-state index in [1.54, 1.807) is 25.1 Å². The van der Waals surface area contributed by atoms with E-state index in [4.69, 9.17) is 10.2 Å². The van der Waals surface area contributed by atoms with Gasteiger partial charge >= 0.3 is 6.01 Å². The second-order valence-corrected chi connectivity index (χ2v) is 4.25. The molecule has 0 spiro atoms. The van der Waals surface area contributed by atoms with E-state index in [9.17, 15) is 4.79 Å². The van der Waals surface area contributed by atoms with Gasteiger partial charge < -0.3 is 10.2 Å². The van der Waals surface area contributed by atoms with Gasteiger partial charge in [-0.2, -0.15) is 4.98 Å². The van der Waals surface area contributed by atoms with Crippen molar-refractivity contribution < 1.29 is 9.21 Å². The summed E-state index contributed by atoms with van der Waals surface area (Å²) in [6.07, 6.45) is 1.46. The van der Waals surface area contributed by atoms with Crippen molar-refractivity contribution in [2.24, 2.45) is 0 Å². The standard InChI is InChI=1S/C11H10BrN3O2/c1-6-5-17-11(14-6)15-10(16)7-3-2-4-8(13)9(7)12/h2-5H,13H2,1H3,(H,14,15,16). The number of anilines is 2. The predicted molar refractivity (Wildman–Crippen MR) is 67.7 cm³/mol. The summed E-state index contributed by atoms with van der Waals surface area (Å²) in [5, 5.41) is 2.54. The zero-order chi connectivity index (χ0) is 12.4. The van der Waals surface area contributed by atoms with Crippen LogP contribution in [-0.4, -0.2) is 10.9 Å². The smallest absolute Gasteiger partial charge is 0.301 e. The van der Waals surface area contributed by atoms with Crippen LogP contribution >= 0.6 is 15.9 Å². The molecule has 0 saturated carbocycles. The topological polar surface area (TPSA) is 81.2 Å². The third kappa shape index (κ3) is 2.47. The first kappa shape index (κ1) is 11.7. The number of nitrogens with two attached hydrogens (primary N) is 1. The quantitative estimate of drug-likeness (QED) is 0.835. The van der Waals surface area contributed by atoms with E-state index < -0.39 is 0 Å². The van der Waals surface area contributed by atoms with Crippen LogP contribution in [-0.2, 0) is 0 Å². The summed E-state index contributed by atoms with van der Waals surface area (Å²) in [7, 11) is 0. The van der Waals surface area contributed by atoms with Crippen molar-refractivity contribution in [2.45, 2.75) is 6.92 Å². The van der Waals surface area contributed by atoms with Crippen LogP contribution in [0, 0.1) is 6.92 Å². The van der Waals surface area contributed by atoms with Gasteiger partial charge in [-0.05, 0) is 35.0 Å². The third-order valence-electron chi connectivity index (χ3n) is 2.11. The lowest BCUT2D eigenvalue weighted by Crippen LogP contribution is -2.13. The van der Waals surface area contributed by atoms with Crippen molar-refractivity contribution in [1.29, 1.82) is 0 Å². The van der Waals surface area contributed by atoms with Gasteiger partial charge in [0.2, 0.25) is 0 Å². The number of hydrogen-bond donors (Lipinski definition) is 2. The second kappa shape index (κ2) is 4.58. The Hall–Kier alpha value is -1.82. The van der Waals surface area contributed by atoms with Crippen molar-refractivity contribution in [1.82, 2.24) is 4.98 Å². The minimum atomic E-state index is -0.328. The molecule has 2 aromatic rings. The number of hydrogen-bond acceptors (Lipinski definition) is 4. The molecule has 3 N–H and O–H groups in total. The Morgan fingerprint density at radius 2 is 2.29 bits per heavy atom. The van der Waals surface area contributed by atoms with E-state index in [1.807, 2.05) is 0 Å². The first-order valence-electron chi connectivity index (χ1n) is 4.85. The molecule has 0 radical (unpaired) electrons. The highest BCUT2D eigenvalue weighted by molar-refractivity contribution is 9.10. The van der Waals surface area contributed by atoms with Crippen molar-refractivity contribution in [2.75, 3.05) is 11.1 Å². The van der Waals surface area contributed by atoms with E-state index in [2.05, 4.69) is 26.2 Å². The Bertz CT molecular complexity index is 566. The molecule has 2 rings (SSSR count). The minimum absolute atomic E-state index is 0.168. The normalized spacial score (nSPS) is 10.2. The van der Waals surface area contributed by atoms with Gasteiger partial charge in [0, 0.05) is 5.69 Å². The Morgan fingerprint density at radius 1 is 1.53 bits per heavy atom. The van der Waals surface area contributed by atoms with Crippen LogP contribution in [0.25, 0.3) is 0 Å². The van der Waals surface area contributed by atoms with Gasteiger partial charge in [-0.15, -0.1) is 0 Å². The summed E-state index contributed by atoms with van der Waals surface area (Å²) < 4.78 is 5.59. The van der Waals surface area contributed by atoms with E-state index in [0.717, 1.165) is 0 Å². The molecule has 1 amide bonds. The monoisotopic (exact) mass is 295 g/mol. The van der Waals surface area contributed by atoms with Gasteiger partial charge in [-0.3, -0.25) is 10.1 Å². The summed E-state index contributed by atoms with van der Waals surface area (Å²) in [6, 6.07) is 5.24. The number of aryl methyl sites for hydroxylation is 1. The zero-order valence-corrected chi connectivity index (χ0v) is 10.6. The van der Waals surface area contributed by atoms with Crippen molar-refractivity contribution in [3.8, 4) is 0 Å². The highest BCUT2D eigenvalue weighted by atomic mass is 79.9. The number of nitrogen functional groups attached to an aromatic ring is 1. The molecule has 1 heterocycles. The number of benzene rings is 1. The van der Waals surface area contributed by atoms with E-state index in [0.29, 0.717) is 21.4 Å². The number of carbonyl (C=O) groups excluding carboxylic acids is 1. The maximum Gasteiger partial charge on any atom is 0.301 e. The molecule has 0 aliphatic heterocycles. The fourth-order valence-corrected chi connectivity index (χ4v) is 1.75. The number of amides is 1. The molecule has 88 valence electrons. The zero-order valence-electron chi connectivity index (χ0n) is 9.03. The van der Waals surface area contributed by atoms with Gasteiger partial charge in [0.15, 0.2) is 0 Å². The summed E-state index contributed by atoms with van der Waals surface area (Å²) in [4.78, 5) is 15.9. The van der Waals surface area contributed by atoms with Gasteiger partial charge in [0.05, 0.1) is 15.7 Å². The van der Waals surface area contributed by atoms with Crippen LogP contribution in [0.5, 0.6) is 0 Å². The fourth-order valence-electron chi connectivity index (χ4n) is 1.30. The minimum Gasteiger partial charge on any atom is -0.432 e. The van der Waals surface area contributed by atoms with Crippen LogP contribution in [0.1, 0.15) is 16.1 Å². The lowest BCUT2D eigenvalue weighted by atomic mass is 10.2. The average molecular weight is 296 g/mol. The summed E-state index contributed by atoms with van der Waals surface area (Å²) in [5.74, 6) is -0.328. The van der Waals surface area contributed by atoms with Crippen molar-refractivity contribution >= 4 is 33.5 Å². The van der Waals surface area contributed by atoms with Crippen molar-refractivity contribution in [3.63, 3.8) is 0 Å². The molecule has 0 saturated heterocycles. The number of halogens is 1. The molecule has 6 heteroatoms. The largest absolute Gasteiger partial charge is 0.432 e. The SMILES string of the molecule is Cc1coc(NC(=O)c2cccc(N)c2Br)n1. The van der Waals surface area contributed by atoms with Crippen LogP contribution in [0.15, 0.2) is 33.4 Å². The third-order valence-corrected chi connectivity index (χ3v) is 3.00. The maximum absolute atomic E-state index is 11.9. The highest BCUT2D eigenvalue weighted by Gasteiger charge is 2.13. The first-order chi connectivity index (χ1) is 8.08.